The molecule has 96 valence electrons. The van der Waals surface area contributed by atoms with Crippen LogP contribution in [0.4, 0.5) is 0 Å². The molecule has 0 fully saturated rings. The van der Waals surface area contributed by atoms with E-state index in [1.54, 1.807) is 21.1 Å². The van der Waals surface area contributed by atoms with Crippen LogP contribution in [0, 0.1) is 0 Å². The van der Waals surface area contributed by atoms with Crippen molar-refractivity contribution in [2.75, 3.05) is 20.8 Å². The Balaban J connectivity index is 2.48. The van der Waals surface area contributed by atoms with Crippen LogP contribution in [0.15, 0.2) is 18.2 Å². The van der Waals surface area contributed by atoms with Crippen molar-refractivity contribution in [1.29, 1.82) is 0 Å². The van der Waals surface area contributed by atoms with E-state index in [0.29, 0.717) is 31.1 Å². The summed E-state index contributed by atoms with van der Waals surface area (Å²) in [7, 11) is 3.21. The number of hydrogen-bond donors (Lipinski definition) is 1. The molecule has 0 aromatic heterocycles. The summed E-state index contributed by atoms with van der Waals surface area (Å²) >= 11 is 0. The first kappa shape index (κ1) is 13.8. The molecule has 1 N–H and O–H groups in total. The Morgan fingerprint density at radius 1 is 1.18 bits per heavy atom. The summed E-state index contributed by atoms with van der Waals surface area (Å²) in [5.74, 6) is 1.41. The second-order valence-corrected chi connectivity index (χ2v) is 3.88. The van der Waals surface area contributed by atoms with Gasteiger partial charge in [-0.1, -0.05) is 6.07 Å². The average molecular weight is 240 g/mol. The molecule has 0 aliphatic carbocycles. The highest BCUT2D eigenvalue weighted by Gasteiger charge is 2.04. The van der Waals surface area contributed by atoms with Crippen LogP contribution in [0.1, 0.15) is 18.9 Å². The molecule has 0 aliphatic heterocycles. The molecule has 17 heavy (non-hydrogen) atoms. The lowest BCUT2D eigenvalue weighted by molar-refractivity contribution is 0.0800. The van der Waals surface area contributed by atoms with Crippen LogP contribution in [-0.4, -0.2) is 32.0 Å². The van der Waals surface area contributed by atoms with Gasteiger partial charge >= 0.3 is 0 Å². The second-order valence-electron chi connectivity index (χ2n) is 3.88. The molecule has 0 spiro atoms. The van der Waals surface area contributed by atoms with Gasteiger partial charge in [0.05, 0.1) is 26.9 Å². The third kappa shape index (κ3) is 4.63. The summed E-state index contributed by atoms with van der Waals surface area (Å²) in [6.45, 7) is 2.80. The van der Waals surface area contributed by atoms with E-state index in [4.69, 9.17) is 19.3 Å². The Kier molecular flexibility index (Phi) is 5.80. The molecule has 1 aromatic carbocycles. The molecule has 4 nitrogen and oxygen atoms in total. The van der Waals surface area contributed by atoms with Gasteiger partial charge in [0.1, 0.15) is 0 Å². The van der Waals surface area contributed by atoms with E-state index in [2.05, 4.69) is 0 Å². The summed E-state index contributed by atoms with van der Waals surface area (Å²) in [6, 6.07) is 5.68. The van der Waals surface area contributed by atoms with Crippen LogP contribution in [0.5, 0.6) is 11.5 Å². The van der Waals surface area contributed by atoms with Gasteiger partial charge in [0, 0.05) is 6.61 Å². The topological polar surface area (TPSA) is 47.9 Å². The monoisotopic (exact) mass is 240 g/mol. The lowest BCUT2D eigenvalue weighted by atomic mass is 10.2. The first-order chi connectivity index (χ1) is 8.17. The minimum atomic E-state index is -0.319. The smallest absolute Gasteiger partial charge is 0.161 e. The maximum atomic E-state index is 9.08. The fourth-order valence-corrected chi connectivity index (χ4v) is 1.41. The van der Waals surface area contributed by atoms with Gasteiger partial charge in [-0.05, 0) is 31.0 Å². The molecule has 0 heterocycles. The van der Waals surface area contributed by atoms with Crippen LogP contribution < -0.4 is 9.47 Å². The number of ether oxygens (including phenoxy) is 3. The fourth-order valence-electron chi connectivity index (χ4n) is 1.41. The first-order valence-electron chi connectivity index (χ1n) is 5.64. The largest absolute Gasteiger partial charge is 0.493 e. The summed E-state index contributed by atoms with van der Waals surface area (Å²) < 4.78 is 15.8. The SMILES string of the molecule is COc1ccc(COCC[C@@H](C)O)cc1OC. The zero-order valence-corrected chi connectivity index (χ0v) is 10.6. The molecule has 0 saturated carbocycles. The summed E-state index contributed by atoms with van der Waals surface area (Å²) in [5.41, 5.74) is 1.02. The highest BCUT2D eigenvalue weighted by molar-refractivity contribution is 5.42. The standard InChI is InChI=1S/C13H20O4/c1-10(14)6-7-17-9-11-4-5-12(15-2)13(8-11)16-3/h4-5,8,10,14H,6-7,9H2,1-3H3/t10-/m1/s1. The number of hydrogen-bond acceptors (Lipinski definition) is 4. The molecule has 1 atom stereocenters. The molecule has 4 heteroatoms. The van der Waals surface area contributed by atoms with Crippen LogP contribution in [0.3, 0.4) is 0 Å². The molecule has 1 rings (SSSR count). The normalized spacial score (nSPS) is 12.2. The van der Waals surface area contributed by atoms with Crippen molar-refractivity contribution in [1.82, 2.24) is 0 Å². The molecular weight excluding hydrogens is 220 g/mol. The summed E-state index contributed by atoms with van der Waals surface area (Å²) in [4.78, 5) is 0. The molecule has 0 bridgehead atoms. The predicted octanol–water partition coefficient (Wildman–Crippen LogP) is 1.99. The fraction of sp³-hybridized carbons (Fsp3) is 0.538. The molecule has 0 saturated heterocycles. The van der Waals surface area contributed by atoms with Crippen molar-refractivity contribution in [2.45, 2.75) is 26.1 Å². The number of rotatable bonds is 7. The van der Waals surface area contributed by atoms with Crippen LogP contribution in [0.25, 0.3) is 0 Å². The zero-order valence-electron chi connectivity index (χ0n) is 10.6. The van der Waals surface area contributed by atoms with Crippen molar-refractivity contribution in [3.63, 3.8) is 0 Å². The van der Waals surface area contributed by atoms with Crippen LogP contribution >= 0.6 is 0 Å². The maximum Gasteiger partial charge on any atom is 0.161 e. The minimum absolute atomic E-state index is 0.319. The molecule has 1 aromatic rings. The third-order valence-corrected chi connectivity index (χ3v) is 2.40. The summed E-state index contributed by atoms with van der Waals surface area (Å²) in [5, 5.41) is 9.08. The van der Waals surface area contributed by atoms with Gasteiger partial charge in [0.2, 0.25) is 0 Å². The van der Waals surface area contributed by atoms with E-state index in [-0.39, 0.29) is 6.10 Å². The minimum Gasteiger partial charge on any atom is -0.493 e. The Hall–Kier alpha value is -1.26. The van der Waals surface area contributed by atoms with E-state index in [0.717, 1.165) is 5.56 Å². The summed E-state index contributed by atoms with van der Waals surface area (Å²) in [6.07, 6.45) is 0.327. The lowest BCUT2D eigenvalue weighted by Crippen LogP contribution is -2.05. The van der Waals surface area contributed by atoms with Crippen molar-refractivity contribution < 1.29 is 19.3 Å². The van der Waals surface area contributed by atoms with Crippen LogP contribution in [-0.2, 0) is 11.3 Å². The third-order valence-electron chi connectivity index (χ3n) is 2.40. The molecule has 0 aliphatic rings. The van der Waals surface area contributed by atoms with Crippen molar-refractivity contribution >= 4 is 0 Å². The molecule has 0 radical (unpaired) electrons. The molecule has 0 unspecified atom stereocenters. The van der Waals surface area contributed by atoms with Gasteiger partial charge in [-0.3, -0.25) is 0 Å². The number of benzene rings is 1. The first-order valence-corrected chi connectivity index (χ1v) is 5.64. The van der Waals surface area contributed by atoms with Crippen molar-refractivity contribution in [3.05, 3.63) is 23.8 Å². The average Bonchev–Trinajstić information content (AvgIpc) is 2.34. The van der Waals surface area contributed by atoms with Gasteiger partial charge in [0.25, 0.3) is 0 Å². The van der Waals surface area contributed by atoms with Gasteiger partial charge in [0.15, 0.2) is 11.5 Å². The van der Waals surface area contributed by atoms with Crippen molar-refractivity contribution in [2.24, 2.45) is 0 Å². The van der Waals surface area contributed by atoms with E-state index in [1.807, 2.05) is 18.2 Å². The Morgan fingerprint density at radius 3 is 2.47 bits per heavy atom. The Morgan fingerprint density at radius 2 is 1.88 bits per heavy atom. The number of aliphatic hydroxyl groups excluding tert-OH is 1. The van der Waals surface area contributed by atoms with Gasteiger partial charge < -0.3 is 19.3 Å². The number of aliphatic hydroxyl groups is 1. The molecule has 0 amide bonds. The highest BCUT2D eigenvalue weighted by atomic mass is 16.5. The highest BCUT2D eigenvalue weighted by Crippen LogP contribution is 2.27. The zero-order chi connectivity index (χ0) is 12.7. The quantitative estimate of drug-likeness (QED) is 0.740. The van der Waals surface area contributed by atoms with Crippen molar-refractivity contribution in [3.8, 4) is 11.5 Å². The Bertz CT molecular complexity index is 336. The van der Waals surface area contributed by atoms with Gasteiger partial charge in [-0.2, -0.15) is 0 Å². The maximum absolute atomic E-state index is 9.08. The lowest BCUT2D eigenvalue weighted by Gasteiger charge is -2.10. The van der Waals surface area contributed by atoms with E-state index >= 15 is 0 Å². The Labute approximate surface area is 102 Å². The predicted molar refractivity (Wildman–Crippen MR) is 65.5 cm³/mol. The second kappa shape index (κ2) is 7.14. The van der Waals surface area contributed by atoms with E-state index in [1.165, 1.54) is 0 Å². The van der Waals surface area contributed by atoms with Crippen LogP contribution in [0.2, 0.25) is 0 Å². The van der Waals surface area contributed by atoms with E-state index < -0.39 is 0 Å². The molecular formula is C13H20O4. The van der Waals surface area contributed by atoms with E-state index in [9.17, 15) is 0 Å². The van der Waals surface area contributed by atoms with Gasteiger partial charge in [-0.15, -0.1) is 0 Å². The number of methoxy groups -OCH3 is 2. The van der Waals surface area contributed by atoms with Gasteiger partial charge in [-0.25, -0.2) is 0 Å².